The van der Waals surface area contributed by atoms with Gasteiger partial charge in [0.1, 0.15) is 12.4 Å². The number of rotatable bonds is 7. The van der Waals surface area contributed by atoms with Gasteiger partial charge in [-0.25, -0.2) is 4.79 Å². The molecule has 0 aliphatic carbocycles. The molecule has 0 spiro atoms. The first-order valence-corrected chi connectivity index (χ1v) is 12.5. The summed E-state index contributed by atoms with van der Waals surface area (Å²) in [6.07, 6.45) is 0. The summed E-state index contributed by atoms with van der Waals surface area (Å²) in [5.74, 6) is 0.520. The first kappa shape index (κ1) is 23.4. The van der Waals surface area contributed by atoms with Crippen LogP contribution >= 0.6 is 0 Å². The molecular weight excluding hydrogens is 484 g/mol. The van der Waals surface area contributed by atoms with Crippen LogP contribution in [0.3, 0.4) is 0 Å². The fraction of sp³-hybridized carbons (Fsp3) is 0.160. The third-order valence-corrected chi connectivity index (χ3v) is 7.41. The first-order chi connectivity index (χ1) is 17.3. The molecule has 5 aromatic rings. The molecule has 3 aromatic carbocycles. The predicted octanol–water partition coefficient (Wildman–Crippen LogP) is 2.67. The van der Waals surface area contributed by atoms with E-state index in [2.05, 4.69) is 10.1 Å². The fourth-order valence-corrected chi connectivity index (χ4v) is 5.19. The lowest BCUT2D eigenvalue weighted by Gasteiger charge is -2.07. The zero-order chi connectivity index (χ0) is 25.4. The van der Waals surface area contributed by atoms with Crippen molar-refractivity contribution >= 4 is 31.8 Å². The first-order valence-electron chi connectivity index (χ1n) is 11.0. The molecule has 1 N–H and O–H groups in total. The molecule has 0 amide bonds. The second-order valence-electron chi connectivity index (χ2n) is 8.13. The Bertz CT molecular complexity index is 1820. The van der Waals surface area contributed by atoms with Crippen molar-refractivity contribution < 1.29 is 17.9 Å². The monoisotopic (exact) mass is 506 g/mol. The lowest BCUT2D eigenvalue weighted by Crippen LogP contribution is -2.36. The average Bonchev–Trinajstić information content (AvgIpc) is 3.25. The van der Waals surface area contributed by atoms with Crippen LogP contribution < -0.4 is 20.7 Å². The van der Waals surface area contributed by atoms with Crippen molar-refractivity contribution in [3.8, 4) is 11.6 Å². The minimum absolute atomic E-state index is 0.0323. The number of hydrogen-bond donors (Lipinski definition) is 1. The summed E-state index contributed by atoms with van der Waals surface area (Å²) in [5, 5.41) is 5.02. The van der Waals surface area contributed by atoms with E-state index in [1.807, 2.05) is 6.92 Å². The SMILES string of the molecule is COc1ccc2c(c1)c(OCCn1c(=O)[nH]c3ccccc3c1=O)nn2S(=O)(=O)c1ccc(C)cc1. The molecule has 0 fully saturated rings. The van der Waals surface area contributed by atoms with Gasteiger partial charge in [-0.05, 0) is 49.4 Å². The van der Waals surface area contributed by atoms with Crippen molar-refractivity contribution in [1.82, 2.24) is 18.7 Å². The lowest BCUT2D eigenvalue weighted by molar-refractivity contribution is 0.285. The number of H-pyrrole nitrogens is 1. The maximum Gasteiger partial charge on any atom is 0.328 e. The molecule has 0 radical (unpaired) electrons. The number of benzene rings is 3. The smallest absolute Gasteiger partial charge is 0.328 e. The van der Waals surface area contributed by atoms with Crippen molar-refractivity contribution in [3.63, 3.8) is 0 Å². The molecule has 0 saturated carbocycles. The minimum atomic E-state index is -4.02. The molecular formula is C25H22N4O6S. The third kappa shape index (κ3) is 4.03. The summed E-state index contributed by atoms with van der Waals surface area (Å²) < 4.78 is 39.8. The molecule has 36 heavy (non-hydrogen) atoms. The van der Waals surface area contributed by atoms with Crippen molar-refractivity contribution in [3.05, 3.63) is 93.1 Å². The van der Waals surface area contributed by atoms with E-state index in [1.165, 1.54) is 19.2 Å². The zero-order valence-electron chi connectivity index (χ0n) is 19.5. The van der Waals surface area contributed by atoms with Crippen LogP contribution in [0.2, 0.25) is 0 Å². The molecule has 10 nitrogen and oxygen atoms in total. The van der Waals surface area contributed by atoms with Crippen molar-refractivity contribution in [1.29, 1.82) is 0 Å². The largest absolute Gasteiger partial charge is 0.497 e. The van der Waals surface area contributed by atoms with Gasteiger partial charge >= 0.3 is 5.69 Å². The summed E-state index contributed by atoms with van der Waals surface area (Å²) in [7, 11) is -2.53. The highest BCUT2D eigenvalue weighted by atomic mass is 32.2. The highest BCUT2D eigenvalue weighted by Gasteiger charge is 2.24. The molecule has 0 atom stereocenters. The Kier molecular flexibility index (Phi) is 5.84. The Balaban J connectivity index is 1.51. The molecule has 0 unspecified atom stereocenters. The van der Waals surface area contributed by atoms with Crippen LogP contribution in [0, 0.1) is 6.92 Å². The summed E-state index contributed by atoms with van der Waals surface area (Å²) in [6.45, 7) is 1.70. The van der Waals surface area contributed by atoms with Crippen LogP contribution in [0.1, 0.15) is 5.56 Å². The van der Waals surface area contributed by atoms with E-state index in [-0.39, 0.29) is 23.9 Å². The van der Waals surface area contributed by atoms with Crippen molar-refractivity contribution in [2.24, 2.45) is 0 Å². The van der Waals surface area contributed by atoms with E-state index >= 15 is 0 Å². The van der Waals surface area contributed by atoms with Gasteiger partial charge in [0.25, 0.3) is 15.6 Å². The molecule has 5 rings (SSSR count). The Labute approximate surface area is 205 Å². The van der Waals surface area contributed by atoms with E-state index < -0.39 is 21.3 Å². The number of aryl methyl sites for hydroxylation is 1. The summed E-state index contributed by atoms with van der Waals surface area (Å²) in [6, 6.07) is 18.0. The van der Waals surface area contributed by atoms with Gasteiger partial charge in [0.15, 0.2) is 0 Å². The summed E-state index contributed by atoms with van der Waals surface area (Å²) >= 11 is 0. The molecule has 2 heterocycles. The molecule has 0 aliphatic heterocycles. The Morgan fingerprint density at radius 3 is 2.47 bits per heavy atom. The average molecular weight is 507 g/mol. The van der Waals surface area contributed by atoms with Gasteiger partial charge in [0, 0.05) is 0 Å². The van der Waals surface area contributed by atoms with Crippen molar-refractivity contribution in [2.75, 3.05) is 13.7 Å². The maximum atomic E-state index is 13.4. The topological polar surface area (TPSA) is 125 Å². The van der Waals surface area contributed by atoms with Gasteiger partial charge in [-0.2, -0.15) is 8.42 Å². The summed E-state index contributed by atoms with van der Waals surface area (Å²) in [5.41, 5.74) is 0.653. The van der Waals surface area contributed by atoms with E-state index in [9.17, 15) is 18.0 Å². The Hall–Kier alpha value is -4.38. The predicted molar refractivity (Wildman–Crippen MR) is 134 cm³/mol. The highest BCUT2D eigenvalue weighted by molar-refractivity contribution is 7.90. The number of hydrogen-bond acceptors (Lipinski definition) is 7. The number of ether oxygens (including phenoxy) is 2. The molecule has 0 saturated heterocycles. The van der Waals surface area contributed by atoms with Gasteiger partial charge in [0.2, 0.25) is 5.88 Å². The van der Waals surface area contributed by atoms with Gasteiger partial charge < -0.3 is 14.5 Å². The van der Waals surface area contributed by atoms with Gasteiger partial charge in [0.05, 0.1) is 40.4 Å². The van der Waals surface area contributed by atoms with Crippen LogP contribution in [0.25, 0.3) is 21.8 Å². The standard InChI is InChI=1S/C25H22N4O6S/c1-16-7-10-18(11-8-16)36(32,33)29-22-12-9-17(34-2)15-20(22)23(27-29)35-14-13-28-24(30)19-5-3-4-6-21(19)26-25(28)31/h3-12,15H,13-14H2,1-2H3,(H,26,31). The molecule has 11 heteroatoms. The minimum Gasteiger partial charge on any atom is -0.497 e. The second-order valence-corrected chi connectivity index (χ2v) is 9.90. The molecule has 0 bridgehead atoms. The number of aromatic amines is 1. The molecule has 0 aliphatic rings. The Morgan fingerprint density at radius 1 is 0.972 bits per heavy atom. The van der Waals surface area contributed by atoms with E-state index in [0.29, 0.717) is 27.6 Å². The molecule has 2 aromatic heterocycles. The fourth-order valence-electron chi connectivity index (χ4n) is 3.91. The van der Waals surface area contributed by atoms with Gasteiger partial charge in [-0.1, -0.05) is 29.8 Å². The number of methoxy groups -OCH3 is 1. The molecule has 184 valence electrons. The van der Waals surface area contributed by atoms with Crippen LogP contribution in [0.15, 0.2) is 81.2 Å². The third-order valence-electron chi connectivity index (χ3n) is 5.81. The van der Waals surface area contributed by atoms with Crippen LogP contribution in [-0.4, -0.2) is 40.9 Å². The lowest BCUT2D eigenvalue weighted by atomic mass is 10.2. The zero-order valence-corrected chi connectivity index (χ0v) is 20.3. The van der Waals surface area contributed by atoms with Crippen LogP contribution in [0.4, 0.5) is 0 Å². The van der Waals surface area contributed by atoms with Gasteiger partial charge in [-0.15, -0.1) is 9.19 Å². The number of aromatic nitrogens is 4. The van der Waals surface area contributed by atoms with E-state index in [4.69, 9.17) is 9.47 Å². The number of para-hydroxylation sites is 1. The maximum absolute atomic E-state index is 13.4. The number of nitrogens with zero attached hydrogens (tertiary/aromatic N) is 3. The summed E-state index contributed by atoms with van der Waals surface area (Å²) in [4.78, 5) is 28.0. The van der Waals surface area contributed by atoms with Crippen LogP contribution in [-0.2, 0) is 16.6 Å². The Morgan fingerprint density at radius 2 is 1.72 bits per heavy atom. The van der Waals surface area contributed by atoms with Crippen LogP contribution in [0.5, 0.6) is 11.6 Å². The highest BCUT2D eigenvalue weighted by Crippen LogP contribution is 2.31. The van der Waals surface area contributed by atoms with E-state index in [0.717, 1.165) is 14.2 Å². The second kappa shape index (κ2) is 9.00. The normalized spacial score (nSPS) is 11.7. The van der Waals surface area contributed by atoms with E-state index in [1.54, 1.807) is 54.6 Å². The number of nitrogens with one attached hydrogen (secondary N) is 1. The van der Waals surface area contributed by atoms with Crippen molar-refractivity contribution in [2.45, 2.75) is 18.4 Å². The quantitative estimate of drug-likeness (QED) is 0.360. The van der Waals surface area contributed by atoms with Gasteiger partial charge in [-0.3, -0.25) is 9.36 Å². The number of fused-ring (bicyclic) bond motifs is 2.